The number of likely N-dealkylation sites (tertiary alicyclic amines) is 1. The van der Waals surface area contributed by atoms with Gasteiger partial charge < -0.3 is 20.6 Å². The van der Waals surface area contributed by atoms with Crippen molar-refractivity contribution in [1.82, 2.24) is 25.7 Å². The first-order valence-corrected chi connectivity index (χ1v) is 12.3. The number of nitrogens with zero attached hydrogens (tertiary/aromatic N) is 4. The Balaban J connectivity index is 1.65. The van der Waals surface area contributed by atoms with E-state index in [4.69, 9.17) is 0 Å². The zero-order valence-electron chi connectivity index (χ0n) is 21.8. The molecule has 2 fully saturated rings. The number of amides is 3. The predicted molar refractivity (Wildman–Crippen MR) is 131 cm³/mol. The lowest BCUT2D eigenvalue weighted by Gasteiger charge is -2.38. The number of hydrogen-bond donors (Lipinski definition) is 3. The Labute approximate surface area is 222 Å². The molecule has 0 radical (unpaired) electrons. The van der Waals surface area contributed by atoms with Crippen LogP contribution in [0.4, 0.5) is 13.2 Å². The van der Waals surface area contributed by atoms with Gasteiger partial charge in [0.25, 0.3) is 0 Å². The molecular weight excluding hydrogens is 517 g/mol. The van der Waals surface area contributed by atoms with E-state index in [1.54, 1.807) is 29.6 Å². The van der Waals surface area contributed by atoms with Crippen molar-refractivity contribution >= 4 is 28.5 Å². The number of aromatic nitrogens is 2. The number of nitrogens with one attached hydrogen (secondary N) is 2. The van der Waals surface area contributed by atoms with Crippen molar-refractivity contribution in [1.29, 1.82) is 5.26 Å². The second kappa shape index (κ2) is 9.75. The van der Waals surface area contributed by atoms with E-state index < -0.39 is 54.0 Å². The van der Waals surface area contributed by atoms with Crippen LogP contribution >= 0.6 is 0 Å². The van der Waals surface area contributed by atoms with E-state index in [1.165, 1.54) is 20.0 Å². The van der Waals surface area contributed by atoms with Crippen LogP contribution in [0, 0.1) is 34.0 Å². The molecule has 1 saturated heterocycles. The SMILES string of the molecule is CC(C)(CO)C(NC(=O)C(F)(F)F)C(=O)N1C[C@H]2[C@@H]([C@H]1C(=O)NC(C#N)c1nncc3ccccc13)C2(C)C. The third-order valence-corrected chi connectivity index (χ3v) is 8.02. The van der Waals surface area contributed by atoms with Gasteiger partial charge >= 0.3 is 12.1 Å². The molecule has 10 nitrogen and oxygen atoms in total. The monoisotopic (exact) mass is 546 g/mol. The Morgan fingerprint density at radius 2 is 1.90 bits per heavy atom. The molecular formula is C26H29F3N6O4. The van der Waals surface area contributed by atoms with E-state index in [0.29, 0.717) is 10.8 Å². The second-order valence-corrected chi connectivity index (χ2v) is 11.3. The Bertz CT molecular complexity index is 1350. The highest BCUT2D eigenvalue weighted by molar-refractivity contribution is 5.95. The molecule has 1 aliphatic heterocycles. The van der Waals surface area contributed by atoms with Gasteiger partial charge in [-0.1, -0.05) is 52.0 Å². The lowest BCUT2D eigenvalue weighted by Crippen LogP contribution is -2.61. The standard InChI is InChI=1S/C26H29F3N6O4/c1-24(2,12-36)20(33-23(39)26(27,28)29)22(38)35-11-15-17(25(15,3)4)19(35)21(37)32-16(9-30)18-14-8-6-5-7-13(14)10-31-34-18/h5-8,10,15-17,19-20,36H,11-12H2,1-4H3,(H,32,37)(H,33,39)/t15-,16?,17-,19-,20?/m0/s1. The fourth-order valence-corrected chi connectivity index (χ4v) is 5.53. The molecule has 2 aromatic rings. The summed E-state index contributed by atoms with van der Waals surface area (Å²) < 4.78 is 39.2. The maximum Gasteiger partial charge on any atom is 0.471 e. The van der Waals surface area contributed by atoms with Gasteiger partial charge in [-0.2, -0.15) is 28.6 Å². The molecule has 1 aromatic heterocycles. The van der Waals surface area contributed by atoms with Crippen molar-refractivity contribution in [2.75, 3.05) is 13.2 Å². The minimum Gasteiger partial charge on any atom is -0.396 e. The summed E-state index contributed by atoms with van der Waals surface area (Å²) in [6, 6.07) is 4.94. The molecule has 3 amide bonds. The zero-order valence-corrected chi connectivity index (χ0v) is 21.8. The third kappa shape index (κ3) is 5.01. The van der Waals surface area contributed by atoms with Crippen molar-refractivity contribution in [2.45, 2.75) is 52.0 Å². The van der Waals surface area contributed by atoms with Crippen LogP contribution in [0.5, 0.6) is 0 Å². The van der Waals surface area contributed by atoms with Crippen LogP contribution in [0.2, 0.25) is 0 Å². The zero-order chi connectivity index (χ0) is 28.9. The number of piperidine rings is 1. The Kier molecular flexibility index (Phi) is 7.06. The number of carbonyl (C=O) groups excluding carboxylic acids is 3. The summed E-state index contributed by atoms with van der Waals surface area (Å²) >= 11 is 0. The first-order chi connectivity index (χ1) is 18.1. The van der Waals surface area contributed by atoms with Crippen molar-refractivity contribution in [2.24, 2.45) is 22.7 Å². The molecule has 5 atom stereocenters. The fraction of sp³-hybridized carbons (Fsp3) is 0.538. The highest BCUT2D eigenvalue weighted by Crippen LogP contribution is 2.65. The lowest BCUT2D eigenvalue weighted by molar-refractivity contribution is -0.176. The largest absolute Gasteiger partial charge is 0.471 e. The number of fused-ring (bicyclic) bond motifs is 2. The fourth-order valence-electron chi connectivity index (χ4n) is 5.53. The number of nitriles is 1. The first kappa shape index (κ1) is 28.2. The quantitative estimate of drug-likeness (QED) is 0.480. The van der Waals surface area contributed by atoms with Crippen molar-refractivity contribution in [3.05, 3.63) is 36.2 Å². The summed E-state index contributed by atoms with van der Waals surface area (Å²) in [6.45, 7) is 5.88. The molecule has 39 heavy (non-hydrogen) atoms. The Hall–Kier alpha value is -3.79. The van der Waals surface area contributed by atoms with Gasteiger partial charge in [0, 0.05) is 22.7 Å². The van der Waals surface area contributed by atoms with Gasteiger partial charge in [-0.15, -0.1) is 0 Å². The summed E-state index contributed by atoms with van der Waals surface area (Å²) in [5.74, 6) is -4.37. The maximum atomic E-state index is 13.7. The van der Waals surface area contributed by atoms with E-state index in [0.717, 1.165) is 4.90 Å². The number of benzene rings is 1. The van der Waals surface area contributed by atoms with Crippen molar-refractivity contribution in [3.63, 3.8) is 0 Å². The highest BCUT2D eigenvalue weighted by atomic mass is 19.4. The molecule has 2 unspecified atom stereocenters. The van der Waals surface area contributed by atoms with Crippen LogP contribution in [0.1, 0.15) is 39.4 Å². The minimum atomic E-state index is -5.25. The Morgan fingerprint density at radius 3 is 2.51 bits per heavy atom. The molecule has 1 aliphatic carbocycles. The van der Waals surface area contributed by atoms with Gasteiger partial charge in [0.2, 0.25) is 11.8 Å². The van der Waals surface area contributed by atoms with E-state index in [1.807, 2.05) is 19.9 Å². The molecule has 208 valence electrons. The molecule has 3 N–H and O–H groups in total. The summed E-state index contributed by atoms with van der Waals surface area (Å²) in [5, 5.41) is 33.3. The van der Waals surface area contributed by atoms with Gasteiger partial charge in [-0.25, -0.2) is 0 Å². The average molecular weight is 547 g/mol. The molecule has 0 bridgehead atoms. The smallest absolute Gasteiger partial charge is 0.396 e. The number of carbonyl (C=O) groups is 3. The number of aliphatic hydroxyl groups is 1. The lowest BCUT2D eigenvalue weighted by atomic mass is 9.83. The van der Waals surface area contributed by atoms with E-state index in [9.17, 15) is 37.9 Å². The van der Waals surface area contributed by atoms with Gasteiger partial charge in [0.1, 0.15) is 17.8 Å². The summed E-state index contributed by atoms with van der Waals surface area (Å²) in [6.07, 6.45) is -3.74. The molecule has 4 rings (SSSR count). The molecule has 2 heterocycles. The second-order valence-electron chi connectivity index (χ2n) is 11.3. The van der Waals surface area contributed by atoms with Crippen LogP contribution in [-0.4, -0.2) is 69.3 Å². The minimum absolute atomic E-state index is 0.0692. The highest BCUT2D eigenvalue weighted by Gasteiger charge is 2.70. The summed E-state index contributed by atoms with van der Waals surface area (Å²) in [5.41, 5.74) is -1.60. The molecule has 1 saturated carbocycles. The van der Waals surface area contributed by atoms with Crippen molar-refractivity contribution in [3.8, 4) is 6.07 Å². The Morgan fingerprint density at radius 1 is 1.23 bits per heavy atom. The van der Waals surface area contributed by atoms with Gasteiger partial charge in [-0.3, -0.25) is 14.4 Å². The van der Waals surface area contributed by atoms with Crippen LogP contribution < -0.4 is 10.6 Å². The van der Waals surface area contributed by atoms with Gasteiger partial charge in [-0.05, 0) is 17.3 Å². The number of rotatable bonds is 7. The predicted octanol–water partition coefficient (Wildman–Crippen LogP) is 1.86. The number of aliphatic hydroxyl groups excluding tert-OH is 1. The van der Waals surface area contributed by atoms with E-state index in [2.05, 4.69) is 15.5 Å². The maximum absolute atomic E-state index is 13.7. The van der Waals surface area contributed by atoms with Gasteiger partial charge in [0.15, 0.2) is 6.04 Å². The van der Waals surface area contributed by atoms with Crippen LogP contribution in [0.15, 0.2) is 30.5 Å². The van der Waals surface area contributed by atoms with Crippen molar-refractivity contribution < 1.29 is 32.7 Å². The van der Waals surface area contributed by atoms with Crippen LogP contribution in [0.25, 0.3) is 10.8 Å². The average Bonchev–Trinajstić information content (AvgIpc) is 3.21. The van der Waals surface area contributed by atoms with Gasteiger partial charge in [0.05, 0.1) is 18.9 Å². The topological polar surface area (TPSA) is 148 Å². The van der Waals surface area contributed by atoms with Crippen LogP contribution in [-0.2, 0) is 14.4 Å². The third-order valence-electron chi connectivity index (χ3n) is 8.02. The molecule has 1 aromatic carbocycles. The van der Waals surface area contributed by atoms with Crippen LogP contribution in [0.3, 0.4) is 0 Å². The summed E-state index contributed by atoms with van der Waals surface area (Å²) in [4.78, 5) is 40.3. The van der Waals surface area contributed by atoms with E-state index in [-0.39, 0.29) is 29.5 Å². The molecule has 13 heteroatoms. The molecule has 0 spiro atoms. The molecule has 2 aliphatic rings. The van der Waals surface area contributed by atoms with E-state index >= 15 is 0 Å². The normalized spacial score (nSPS) is 23.4. The number of halogens is 3. The summed E-state index contributed by atoms with van der Waals surface area (Å²) in [7, 11) is 0. The first-order valence-electron chi connectivity index (χ1n) is 12.3. The number of hydrogen-bond acceptors (Lipinski definition) is 7. The number of alkyl halides is 3.